The summed E-state index contributed by atoms with van der Waals surface area (Å²) in [5.74, 6) is 0. The van der Waals surface area contributed by atoms with Gasteiger partial charge in [-0.05, 0) is 24.5 Å². The van der Waals surface area contributed by atoms with Gasteiger partial charge >= 0.3 is 6.09 Å². The zero-order valence-electron chi connectivity index (χ0n) is 14.8. The highest BCUT2D eigenvalue weighted by atomic mass is 16.6. The minimum absolute atomic E-state index is 0.210. The van der Waals surface area contributed by atoms with Crippen LogP contribution in [0.1, 0.15) is 18.1 Å². The Hall–Kier alpha value is -2.33. The van der Waals surface area contributed by atoms with Crippen LogP contribution in [0.5, 0.6) is 0 Å². The Balaban J connectivity index is 1.43. The van der Waals surface area contributed by atoms with E-state index < -0.39 is 0 Å². The first-order valence-electron chi connectivity index (χ1n) is 8.96. The summed E-state index contributed by atoms with van der Waals surface area (Å²) < 4.78 is 5.45. The number of ether oxygens (including phenoxy) is 1. The first-order chi connectivity index (χ1) is 12.2. The highest BCUT2D eigenvalue weighted by molar-refractivity contribution is 5.67. The monoisotopic (exact) mass is 338 g/mol. The normalized spacial score (nSPS) is 18.1. The molecule has 1 saturated heterocycles. The van der Waals surface area contributed by atoms with E-state index in [0.717, 1.165) is 38.2 Å². The third kappa shape index (κ3) is 5.07. The molecule has 0 aliphatic carbocycles. The Morgan fingerprint density at radius 1 is 1.00 bits per heavy atom. The molecule has 0 bridgehead atoms. The van der Waals surface area contributed by atoms with Crippen molar-refractivity contribution in [2.24, 2.45) is 0 Å². The maximum atomic E-state index is 12.3. The van der Waals surface area contributed by atoms with Crippen molar-refractivity contribution in [1.82, 2.24) is 9.80 Å². The van der Waals surface area contributed by atoms with Crippen LogP contribution in [-0.4, -0.2) is 48.1 Å². The molecule has 0 saturated carbocycles. The van der Waals surface area contributed by atoms with Crippen LogP contribution >= 0.6 is 0 Å². The topological polar surface area (TPSA) is 32.8 Å². The number of carbonyl (C=O) groups is 1. The van der Waals surface area contributed by atoms with Crippen LogP contribution in [0.25, 0.3) is 0 Å². The molecule has 1 unspecified atom stereocenters. The van der Waals surface area contributed by atoms with Gasteiger partial charge in [0.15, 0.2) is 0 Å². The molecule has 1 heterocycles. The van der Waals surface area contributed by atoms with Gasteiger partial charge in [0.1, 0.15) is 6.61 Å². The number of piperazine rings is 1. The van der Waals surface area contributed by atoms with E-state index in [1.807, 2.05) is 41.3 Å². The lowest BCUT2D eigenvalue weighted by molar-refractivity contribution is 0.0521. The predicted octanol–water partition coefficient (Wildman–Crippen LogP) is 3.57. The average molecular weight is 338 g/mol. The number of rotatable bonds is 5. The van der Waals surface area contributed by atoms with Gasteiger partial charge in [0.05, 0.1) is 0 Å². The zero-order valence-corrected chi connectivity index (χ0v) is 14.8. The number of carbonyl (C=O) groups excluding carboxylic acids is 1. The van der Waals surface area contributed by atoms with Gasteiger partial charge in [0.25, 0.3) is 0 Å². The minimum atomic E-state index is -0.210. The summed E-state index contributed by atoms with van der Waals surface area (Å²) in [5.41, 5.74) is 2.38. The summed E-state index contributed by atoms with van der Waals surface area (Å²) in [4.78, 5) is 16.6. The van der Waals surface area contributed by atoms with E-state index in [1.165, 1.54) is 5.56 Å². The highest BCUT2D eigenvalue weighted by Crippen LogP contribution is 2.13. The molecule has 1 amide bonds. The van der Waals surface area contributed by atoms with Gasteiger partial charge in [0, 0.05) is 32.2 Å². The van der Waals surface area contributed by atoms with Crippen LogP contribution in [0.4, 0.5) is 4.79 Å². The SMILES string of the molecule is CC1CN(C(=O)OCc2ccccc2)CCN1CCc1ccccc1. The summed E-state index contributed by atoms with van der Waals surface area (Å²) in [6.07, 6.45) is 0.835. The first-order valence-corrected chi connectivity index (χ1v) is 8.96. The predicted molar refractivity (Wildman–Crippen MR) is 99.4 cm³/mol. The molecule has 1 aliphatic heterocycles. The number of hydrogen-bond acceptors (Lipinski definition) is 3. The van der Waals surface area contributed by atoms with Gasteiger partial charge in [-0.1, -0.05) is 60.7 Å². The maximum absolute atomic E-state index is 12.3. The molecule has 25 heavy (non-hydrogen) atoms. The van der Waals surface area contributed by atoms with Crippen LogP contribution in [0.3, 0.4) is 0 Å². The van der Waals surface area contributed by atoms with Crippen molar-refractivity contribution in [3.05, 3.63) is 71.8 Å². The smallest absolute Gasteiger partial charge is 0.410 e. The second kappa shape index (κ2) is 8.67. The fourth-order valence-electron chi connectivity index (χ4n) is 3.22. The lowest BCUT2D eigenvalue weighted by Gasteiger charge is -2.39. The number of benzene rings is 2. The van der Waals surface area contributed by atoms with E-state index in [2.05, 4.69) is 36.1 Å². The average Bonchev–Trinajstić information content (AvgIpc) is 2.66. The Bertz CT molecular complexity index is 660. The Kier molecular flexibility index (Phi) is 6.07. The fourth-order valence-corrected chi connectivity index (χ4v) is 3.22. The van der Waals surface area contributed by atoms with Crippen molar-refractivity contribution in [2.75, 3.05) is 26.2 Å². The highest BCUT2D eigenvalue weighted by Gasteiger charge is 2.27. The maximum Gasteiger partial charge on any atom is 0.410 e. The molecule has 1 aliphatic rings. The van der Waals surface area contributed by atoms with Crippen molar-refractivity contribution in [2.45, 2.75) is 26.0 Å². The molecule has 0 aromatic heterocycles. The molecular weight excluding hydrogens is 312 g/mol. The first kappa shape index (κ1) is 17.5. The molecule has 1 fully saturated rings. The molecule has 132 valence electrons. The van der Waals surface area contributed by atoms with Gasteiger partial charge in [-0.2, -0.15) is 0 Å². The second-order valence-corrected chi connectivity index (χ2v) is 6.61. The molecule has 1 atom stereocenters. The lowest BCUT2D eigenvalue weighted by atomic mass is 10.1. The van der Waals surface area contributed by atoms with Crippen LogP contribution in [0, 0.1) is 0 Å². The molecule has 3 rings (SSSR count). The van der Waals surface area contributed by atoms with Crippen LogP contribution in [0.15, 0.2) is 60.7 Å². The van der Waals surface area contributed by atoms with Gasteiger partial charge in [0.2, 0.25) is 0 Å². The van der Waals surface area contributed by atoms with E-state index in [9.17, 15) is 4.79 Å². The minimum Gasteiger partial charge on any atom is -0.445 e. The lowest BCUT2D eigenvalue weighted by Crippen LogP contribution is -2.54. The third-order valence-corrected chi connectivity index (χ3v) is 4.76. The van der Waals surface area contributed by atoms with Gasteiger partial charge in [-0.15, -0.1) is 0 Å². The summed E-state index contributed by atoms with van der Waals surface area (Å²) >= 11 is 0. The van der Waals surface area contributed by atoms with E-state index in [0.29, 0.717) is 12.6 Å². The van der Waals surface area contributed by atoms with Crippen molar-refractivity contribution >= 4 is 6.09 Å². The standard InChI is InChI=1S/C21H26N2O2/c1-18-16-23(21(24)25-17-20-10-6-3-7-11-20)15-14-22(18)13-12-19-8-4-2-5-9-19/h2-11,18H,12-17H2,1H3. The van der Waals surface area contributed by atoms with Gasteiger partial charge in [-0.3, -0.25) is 4.90 Å². The van der Waals surface area contributed by atoms with E-state index in [-0.39, 0.29) is 6.09 Å². The van der Waals surface area contributed by atoms with E-state index in [1.54, 1.807) is 0 Å². The van der Waals surface area contributed by atoms with E-state index in [4.69, 9.17) is 4.74 Å². The van der Waals surface area contributed by atoms with Crippen molar-refractivity contribution in [3.8, 4) is 0 Å². The zero-order chi connectivity index (χ0) is 17.5. The number of amides is 1. The molecule has 4 heteroatoms. The molecule has 2 aromatic carbocycles. The van der Waals surface area contributed by atoms with Crippen LogP contribution in [-0.2, 0) is 17.8 Å². The Morgan fingerprint density at radius 3 is 2.28 bits per heavy atom. The summed E-state index contributed by atoms with van der Waals surface area (Å²) in [7, 11) is 0. The number of nitrogens with zero attached hydrogens (tertiary/aromatic N) is 2. The van der Waals surface area contributed by atoms with Crippen molar-refractivity contribution in [3.63, 3.8) is 0 Å². The van der Waals surface area contributed by atoms with Crippen LogP contribution < -0.4 is 0 Å². The third-order valence-electron chi connectivity index (χ3n) is 4.76. The van der Waals surface area contributed by atoms with Crippen molar-refractivity contribution < 1.29 is 9.53 Å². The van der Waals surface area contributed by atoms with Gasteiger partial charge in [-0.25, -0.2) is 4.79 Å². The summed E-state index contributed by atoms with van der Waals surface area (Å²) in [6, 6.07) is 20.7. The Labute approximate surface area is 150 Å². The summed E-state index contributed by atoms with van der Waals surface area (Å²) in [6.45, 7) is 5.89. The fraction of sp³-hybridized carbons (Fsp3) is 0.381. The Morgan fingerprint density at radius 2 is 1.64 bits per heavy atom. The molecule has 0 N–H and O–H groups in total. The molecule has 2 aromatic rings. The largest absolute Gasteiger partial charge is 0.445 e. The van der Waals surface area contributed by atoms with E-state index >= 15 is 0 Å². The molecule has 4 nitrogen and oxygen atoms in total. The van der Waals surface area contributed by atoms with Crippen LogP contribution in [0.2, 0.25) is 0 Å². The summed E-state index contributed by atoms with van der Waals surface area (Å²) in [5, 5.41) is 0. The van der Waals surface area contributed by atoms with Crippen molar-refractivity contribution in [1.29, 1.82) is 0 Å². The molecule has 0 radical (unpaired) electrons. The quantitative estimate of drug-likeness (QED) is 0.835. The van der Waals surface area contributed by atoms with Gasteiger partial charge < -0.3 is 9.64 Å². The molecular formula is C21H26N2O2. The second-order valence-electron chi connectivity index (χ2n) is 6.61. The molecule has 0 spiro atoms. The number of hydrogen-bond donors (Lipinski definition) is 0.